The van der Waals surface area contributed by atoms with E-state index in [-0.39, 0.29) is 12.3 Å². The van der Waals surface area contributed by atoms with Crippen LogP contribution < -0.4 is 4.74 Å². The monoisotopic (exact) mass is 653 g/mol. The molecule has 3 rings (SSSR count). The molecule has 10 heteroatoms. The molecule has 234 valence electrons. The van der Waals surface area contributed by atoms with Gasteiger partial charge in [0.15, 0.2) is 0 Å². The Morgan fingerprint density at radius 2 is 1.35 bits per heavy atom. The Labute approximate surface area is 264 Å². The minimum atomic E-state index is -4.80. The molecule has 1 N–H and O–H groups in total. The van der Waals surface area contributed by atoms with Gasteiger partial charge in [0.2, 0.25) is 5.76 Å². The number of hydrogen-bond donors (Lipinski definition) is 1. The summed E-state index contributed by atoms with van der Waals surface area (Å²) in [6.07, 6.45) is -5.10. The van der Waals surface area contributed by atoms with Gasteiger partial charge in [-0.1, -0.05) is 80.4 Å². The van der Waals surface area contributed by atoms with E-state index in [0.29, 0.717) is 34.5 Å². The van der Waals surface area contributed by atoms with Gasteiger partial charge in [-0.15, -0.1) is 0 Å². The van der Waals surface area contributed by atoms with Crippen LogP contribution in [0.3, 0.4) is 0 Å². The molecule has 0 aliphatic carbocycles. The third kappa shape index (κ3) is 10.2. The Hall–Kier alpha value is -2.65. The summed E-state index contributed by atoms with van der Waals surface area (Å²) in [7, 11) is -0.799. The second kappa shape index (κ2) is 14.4. The van der Waals surface area contributed by atoms with E-state index >= 15 is 0 Å². The largest absolute Gasteiger partial charge is 0.538 e. The predicted octanol–water partition coefficient (Wildman–Crippen LogP) is 10.0. The lowest BCUT2D eigenvalue weighted by Crippen LogP contribution is -2.42. The van der Waals surface area contributed by atoms with Crippen LogP contribution in [0.5, 0.6) is 5.75 Å². The first-order chi connectivity index (χ1) is 20.0. The van der Waals surface area contributed by atoms with Gasteiger partial charge in [-0.25, -0.2) is 0 Å². The molecule has 0 atom stereocenters. The van der Waals surface area contributed by atoms with Crippen LogP contribution in [-0.4, -0.2) is 51.2 Å². The van der Waals surface area contributed by atoms with Crippen molar-refractivity contribution in [1.29, 1.82) is 0 Å². The first-order valence-corrected chi connectivity index (χ1v) is 17.7. The molecule has 0 aliphatic rings. The van der Waals surface area contributed by atoms with Crippen LogP contribution in [0.25, 0.3) is 0 Å². The molecule has 0 radical (unpaired) electrons. The zero-order chi connectivity index (χ0) is 32.0. The second-order valence-electron chi connectivity index (χ2n) is 12.2. The van der Waals surface area contributed by atoms with Gasteiger partial charge in [-0.2, -0.15) is 13.2 Å². The molecule has 0 fully saturated rings. The number of nitrogens with zero attached hydrogens (tertiary/aromatic N) is 1. The molecule has 0 amide bonds. The fraction of sp³-hybridized carbons (Fsp3) is 0.394. The van der Waals surface area contributed by atoms with Gasteiger partial charge in [0.1, 0.15) is 18.1 Å². The maximum Gasteiger partial charge on any atom is 0.451 e. The highest BCUT2D eigenvalue weighted by atomic mass is 35.5. The highest BCUT2D eigenvalue weighted by molar-refractivity contribution is 6.74. The zero-order valence-corrected chi connectivity index (χ0v) is 27.9. The lowest BCUT2D eigenvalue weighted by Gasteiger charge is -2.37. The number of hydrogen-bond acceptors (Lipinski definition) is 4. The quantitative estimate of drug-likeness (QED) is 0.156. The average molecular weight is 655 g/mol. The smallest absolute Gasteiger partial charge is 0.451 e. The molecule has 0 spiro atoms. The standard InChI is InChI=1S/C33H40Cl2F3NO3Si/c1-32(2,3)43(5,6)42-31(33(36,37)38)30(40)21-23-7-17-28(18-8-23)41-20-19-39(4)22-29(24-9-13-26(34)14-10-24)25-11-15-27(35)16-12-25/h7-18,29,40H,19-22H2,1-6H3. The number of aliphatic hydroxyl groups is 1. The third-order valence-corrected chi connectivity index (χ3v) is 12.6. The molecule has 0 saturated carbocycles. The maximum absolute atomic E-state index is 13.8. The van der Waals surface area contributed by atoms with Crippen molar-refractivity contribution in [2.75, 3.05) is 26.7 Å². The summed E-state index contributed by atoms with van der Waals surface area (Å²) >= 11 is 12.2. The first kappa shape index (κ1) is 34.8. The highest BCUT2D eigenvalue weighted by Crippen LogP contribution is 2.42. The summed E-state index contributed by atoms with van der Waals surface area (Å²) in [4.78, 5) is 2.17. The van der Waals surface area contributed by atoms with E-state index in [0.717, 1.165) is 17.7 Å². The minimum absolute atomic E-state index is 0.0988. The Kier molecular flexibility index (Phi) is 11.7. The van der Waals surface area contributed by atoms with E-state index in [2.05, 4.69) is 4.90 Å². The number of ether oxygens (including phenoxy) is 1. The molecule has 0 unspecified atom stereocenters. The molecule has 3 aromatic carbocycles. The van der Waals surface area contributed by atoms with Gasteiger partial charge >= 0.3 is 6.18 Å². The van der Waals surface area contributed by atoms with Crippen LogP contribution in [-0.2, 0) is 10.8 Å². The van der Waals surface area contributed by atoms with Crippen LogP contribution in [0.1, 0.15) is 43.4 Å². The lowest BCUT2D eigenvalue weighted by atomic mass is 9.91. The second-order valence-corrected chi connectivity index (χ2v) is 17.8. The number of aliphatic hydroxyl groups excluding tert-OH is 1. The van der Waals surface area contributed by atoms with Gasteiger partial charge in [0, 0.05) is 35.5 Å². The Morgan fingerprint density at radius 3 is 1.79 bits per heavy atom. The van der Waals surface area contributed by atoms with Crippen molar-refractivity contribution < 1.29 is 27.4 Å². The number of likely N-dealkylation sites (N-methyl/N-ethyl adjacent to an activating group) is 1. The Bertz CT molecular complexity index is 1310. The normalized spacial score (nSPS) is 13.3. The van der Waals surface area contributed by atoms with Crippen molar-refractivity contribution in [3.05, 3.63) is 111 Å². The number of halogens is 5. The third-order valence-electron chi connectivity index (χ3n) is 7.76. The van der Waals surface area contributed by atoms with E-state index in [1.165, 1.54) is 0 Å². The first-order valence-electron chi connectivity index (χ1n) is 14.1. The molecule has 3 aromatic rings. The van der Waals surface area contributed by atoms with E-state index in [1.54, 1.807) is 37.4 Å². The molecular formula is C33H40Cl2F3NO3Si. The van der Waals surface area contributed by atoms with Crippen molar-refractivity contribution in [1.82, 2.24) is 4.90 Å². The molecule has 0 aliphatic heterocycles. The van der Waals surface area contributed by atoms with Gasteiger partial charge in [0.25, 0.3) is 8.32 Å². The van der Waals surface area contributed by atoms with Crippen molar-refractivity contribution >= 4 is 31.5 Å². The Morgan fingerprint density at radius 1 is 0.860 bits per heavy atom. The number of benzene rings is 3. The van der Waals surface area contributed by atoms with E-state index in [9.17, 15) is 18.3 Å². The summed E-state index contributed by atoms with van der Waals surface area (Å²) in [5.74, 6) is -1.45. The Balaban J connectivity index is 1.61. The highest BCUT2D eigenvalue weighted by Gasteiger charge is 2.47. The van der Waals surface area contributed by atoms with Crippen molar-refractivity contribution in [3.8, 4) is 5.75 Å². The topological polar surface area (TPSA) is 41.9 Å². The summed E-state index contributed by atoms with van der Waals surface area (Å²) in [6, 6.07) is 22.3. The van der Waals surface area contributed by atoms with E-state index in [4.69, 9.17) is 32.4 Å². The molecule has 4 nitrogen and oxygen atoms in total. The van der Waals surface area contributed by atoms with Crippen LogP contribution in [0.2, 0.25) is 28.2 Å². The number of allylic oxidation sites excluding steroid dienone is 2. The van der Waals surface area contributed by atoms with Gasteiger partial charge in [0.05, 0.1) is 0 Å². The van der Waals surface area contributed by atoms with E-state index in [1.807, 2.05) is 76.3 Å². The molecule has 0 bridgehead atoms. The van der Waals surface area contributed by atoms with Crippen molar-refractivity contribution in [2.45, 2.75) is 57.4 Å². The van der Waals surface area contributed by atoms with Crippen molar-refractivity contribution in [2.24, 2.45) is 0 Å². The molecule has 0 saturated heterocycles. The van der Waals surface area contributed by atoms with Crippen LogP contribution >= 0.6 is 23.2 Å². The van der Waals surface area contributed by atoms with Crippen LogP contribution in [0.4, 0.5) is 13.2 Å². The molecular weight excluding hydrogens is 614 g/mol. The zero-order valence-electron chi connectivity index (χ0n) is 25.4. The maximum atomic E-state index is 13.8. The summed E-state index contributed by atoms with van der Waals surface area (Å²) in [5.41, 5.74) is 2.78. The fourth-order valence-electron chi connectivity index (χ4n) is 4.18. The van der Waals surface area contributed by atoms with Gasteiger partial charge in [-0.3, -0.25) is 0 Å². The minimum Gasteiger partial charge on any atom is -0.538 e. The summed E-state index contributed by atoms with van der Waals surface area (Å²) < 4.78 is 52.8. The predicted molar refractivity (Wildman–Crippen MR) is 172 cm³/mol. The number of alkyl halides is 3. The SMILES string of the molecule is CN(CCOc1ccc(CC(O)=C(O[Si](C)(C)C(C)(C)C)C(F)(F)F)cc1)CC(c1ccc(Cl)cc1)c1ccc(Cl)cc1. The van der Waals surface area contributed by atoms with Gasteiger partial charge < -0.3 is 19.2 Å². The van der Waals surface area contributed by atoms with Gasteiger partial charge in [-0.05, 0) is 78.3 Å². The fourth-order valence-corrected chi connectivity index (χ4v) is 5.48. The molecule has 0 heterocycles. The van der Waals surface area contributed by atoms with Crippen molar-refractivity contribution in [3.63, 3.8) is 0 Å². The van der Waals surface area contributed by atoms with E-state index < -0.39 is 31.1 Å². The lowest BCUT2D eigenvalue weighted by molar-refractivity contribution is -0.122. The van der Waals surface area contributed by atoms with Crippen LogP contribution in [0, 0.1) is 0 Å². The molecule has 43 heavy (non-hydrogen) atoms. The summed E-state index contributed by atoms with van der Waals surface area (Å²) in [5, 5.41) is 11.4. The number of rotatable bonds is 12. The average Bonchev–Trinajstić information content (AvgIpc) is 2.91. The summed E-state index contributed by atoms with van der Waals surface area (Å²) in [6.45, 7) is 10.7. The molecule has 0 aromatic heterocycles. The van der Waals surface area contributed by atoms with Crippen LogP contribution in [0.15, 0.2) is 84.3 Å².